The van der Waals surface area contributed by atoms with E-state index in [4.69, 9.17) is 0 Å². The summed E-state index contributed by atoms with van der Waals surface area (Å²) in [6, 6.07) is 0.210. The molecule has 1 saturated heterocycles. The van der Waals surface area contributed by atoms with Crippen LogP contribution in [-0.2, 0) is 0 Å². The topological polar surface area (TPSA) is 45.2 Å². The molecule has 0 aromatic carbocycles. The molecule has 1 aliphatic heterocycles. The maximum Gasteiger partial charge on any atom is 0.112 e. The number of thiazole rings is 1. The van der Waals surface area contributed by atoms with Crippen LogP contribution in [0.3, 0.4) is 0 Å². The molecule has 2 heterocycles. The van der Waals surface area contributed by atoms with Gasteiger partial charge in [0.15, 0.2) is 0 Å². The number of aliphatic hydroxyl groups is 1. The third kappa shape index (κ3) is 1.90. The smallest absolute Gasteiger partial charge is 0.112 e. The first kappa shape index (κ1) is 9.12. The number of aryl methyl sites for hydroxylation is 1. The SMILES string of the molecule is Cc1nc(C(O)[C@H]2CCCN2)cs1. The van der Waals surface area contributed by atoms with E-state index in [2.05, 4.69) is 10.3 Å². The number of nitrogens with zero attached hydrogens (tertiary/aromatic N) is 1. The van der Waals surface area contributed by atoms with E-state index < -0.39 is 6.10 Å². The highest BCUT2D eigenvalue weighted by Crippen LogP contribution is 2.23. The average Bonchev–Trinajstić information content (AvgIpc) is 2.72. The van der Waals surface area contributed by atoms with Crippen molar-refractivity contribution in [1.82, 2.24) is 10.3 Å². The zero-order valence-electron chi connectivity index (χ0n) is 7.66. The highest BCUT2D eigenvalue weighted by atomic mass is 32.1. The second-order valence-electron chi connectivity index (χ2n) is 3.44. The Bertz CT molecular complexity index is 281. The van der Waals surface area contributed by atoms with Gasteiger partial charge in [-0.2, -0.15) is 0 Å². The Balaban J connectivity index is 2.07. The molecule has 1 aromatic heterocycles. The average molecular weight is 198 g/mol. The standard InChI is InChI=1S/C9H14N2OS/c1-6-11-8(5-13-6)9(12)7-3-2-4-10-7/h5,7,9-10,12H,2-4H2,1H3/t7-,9?/m1/s1. The number of hydrogen-bond acceptors (Lipinski definition) is 4. The molecule has 0 aliphatic carbocycles. The van der Waals surface area contributed by atoms with Crippen LogP contribution in [0.15, 0.2) is 5.38 Å². The number of nitrogens with one attached hydrogen (secondary N) is 1. The first-order chi connectivity index (χ1) is 6.27. The zero-order chi connectivity index (χ0) is 9.26. The summed E-state index contributed by atoms with van der Waals surface area (Å²) >= 11 is 1.59. The summed E-state index contributed by atoms with van der Waals surface area (Å²) in [6.07, 6.45) is 1.79. The summed E-state index contributed by atoms with van der Waals surface area (Å²) < 4.78 is 0. The van der Waals surface area contributed by atoms with Crippen LogP contribution in [0.1, 0.15) is 29.6 Å². The van der Waals surface area contributed by atoms with Crippen molar-refractivity contribution in [3.63, 3.8) is 0 Å². The minimum absolute atomic E-state index is 0.210. The van der Waals surface area contributed by atoms with Crippen LogP contribution in [0.4, 0.5) is 0 Å². The van der Waals surface area contributed by atoms with Gasteiger partial charge in [-0.05, 0) is 26.3 Å². The maximum atomic E-state index is 9.92. The lowest BCUT2D eigenvalue weighted by atomic mass is 10.1. The zero-order valence-corrected chi connectivity index (χ0v) is 8.47. The number of rotatable bonds is 2. The molecular formula is C9H14N2OS. The van der Waals surface area contributed by atoms with Crippen LogP contribution in [0.2, 0.25) is 0 Å². The van der Waals surface area contributed by atoms with E-state index >= 15 is 0 Å². The van der Waals surface area contributed by atoms with Crippen LogP contribution in [0, 0.1) is 6.92 Å². The Hall–Kier alpha value is -0.450. The Morgan fingerprint density at radius 1 is 1.77 bits per heavy atom. The molecule has 2 atom stereocenters. The van der Waals surface area contributed by atoms with Gasteiger partial charge in [0.1, 0.15) is 6.10 Å². The monoisotopic (exact) mass is 198 g/mol. The lowest BCUT2D eigenvalue weighted by Crippen LogP contribution is -2.28. The Kier molecular flexibility index (Phi) is 2.62. The summed E-state index contributed by atoms with van der Waals surface area (Å²) in [5.41, 5.74) is 0.821. The van der Waals surface area contributed by atoms with E-state index in [1.807, 2.05) is 12.3 Å². The van der Waals surface area contributed by atoms with Crippen molar-refractivity contribution in [1.29, 1.82) is 0 Å². The second kappa shape index (κ2) is 3.74. The van der Waals surface area contributed by atoms with Crippen LogP contribution >= 0.6 is 11.3 Å². The van der Waals surface area contributed by atoms with Gasteiger partial charge in [0, 0.05) is 11.4 Å². The molecule has 0 spiro atoms. The molecule has 0 saturated carbocycles. The largest absolute Gasteiger partial charge is 0.385 e. The van der Waals surface area contributed by atoms with Crippen molar-refractivity contribution >= 4 is 11.3 Å². The predicted molar refractivity (Wildman–Crippen MR) is 52.8 cm³/mol. The van der Waals surface area contributed by atoms with Crippen LogP contribution in [-0.4, -0.2) is 22.7 Å². The number of aromatic nitrogens is 1. The van der Waals surface area contributed by atoms with E-state index in [9.17, 15) is 5.11 Å². The Labute approximate surface area is 81.8 Å². The summed E-state index contributed by atoms with van der Waals surface area (Å²) in [4.78, 5) is 4.28. The molecule has 2 N–H and O–H groups in total. The number of hydrogen-bond donors (Lipinski definition) is 2. The van der Waals surface area contributed by atoms with Crippen molar-refractivity contribution in [2.24, 2.45) is 0 Å². The summed E-state index contributed by atoms with van der Waals surface area (Å²) in [5, 5.41) is 16.2. The molecule has 0 radical (unpaired) electrons. The van der Waals surface area contributed by atoms with E-state index in [0.29, 0.717) is 0 Å². The molecule has 0 bridgehead atoms. The van der Waals surface area contributed by atoms with Gasteiger partial charge >= 0.3 is 0 Å². The lowest BCUT2D eigenvalue weighted by molar-refractivity contribution is 0.133. The molecule has 1 aliphatic rings. The van der Waals surface area contributed by atoms with Gasteiger partial charge in [-0.3, -0.25) is 0 Å². The second-order valence-corrected chi connectivity index (χ2v) is 4.50. The minimum atomic E-state index is -0.424. The van der Waals surface area contributed by atoms with Crippen LogP contribution < -0.4 is 5.32 Å². The van der Waals surface area contributed by atoms with E-state index in [-0.39, 0.29) is 6.04 Å². The fourth-order valence-electron chi connectivity index (χ4n) is 1.70. The lowest BCUT2D eigenvalue weighted by Gasteiger charge is -2.15. The third-order valence-corrected chi connectivity index (χ3v) is 3.21. The Morgan fingerprint density at radius 3 is 3.15 bits per heavy atom. The summed E-state index contributed by atoms with van der Waals surface area (Å²) in [5.74, 6) is 0. The first-order valence-electron chi connectivity index (χ1n) is 4.61. The van der Waals surface area contributed by atoms with Crippen molar-refractivity contribution in [2.45, 2.75) is 31.9 Å². The molecular weight excluding hydrogens is 184 g/mol. The van der Waals surface area contributed by atoms with Crippen molar-refractivity contribution in [3.8, 4) is 0 Å². The van der Waals surface area contributed by atoms with Crippen molar-refractivity contribution in [3.05, 3.63) is 16.1 Å². The highest BCUT2D eigenvalue weighted by molar-refractivity contribution is 7.09. The van der Waals surface area contributed by atoms with E-state index in [0.717, 1.165) is 30.1 Å². The summed E-state index contributed by atoms with van der Waals surface area (Å²) in [6.45, 7) is 2.98. The molecule has 13 heavy (non-hydrogen) atoms. The van der Waals surface area contributed by atoms with Gasteiger partial charge in [0.25, 0.3) is 0 Å². The molecule has 1 aromatic rings. The predicted octanol–water partition coefficient (Wildman–Crippen LogP) is 1.24. The van der Waals surface area contributed by atoms with Gasteiger partial charge in [-0.25, -0.2) is 4.98 Å². The maximum absolute atomic E-state index is 9.92. The minimum Gasteiger partial charge on any atom is -0.385 e. The van der Waals surface area contributed by atoms with Gasteiger partial charge in [0.05, 0.1) is 10.7 Å². The normalized spacial score (nSPS) is 24.9. The van der Waals surface area contributed by atoms with Gasteiger partial charge < -0.3 is 10.4 Å². The molecule has 4 heteroatoms. The van der Waals surface area contributed by atoms with Gasteiger partial charge in [-0.15, -0.1) is 11.3 Å². The molecule has 0 amide bonds. The molecule has 2 rings (SSSR count). The van der Waals surface area contributed by atoms with Crippen LogP contribution in [0.5, 0.6) is 0 Å². The first-order valence-corrected chi connectivity index (χ1v) is 5.49. The fraction of sp³-hybridized carbons (Fsp3) is 0.667. The Morgan fingerprint density at radius 2 is 2.62 bits per heavy atom. The number of aliphatic hydroxyl groups excluding tert-OH is 1. The third-order valence-electron chi connectivity index (χ3n) is 2.42. The molecule has 72 valence electrons. The van der Waals surface area contributed by atoms with Crippen LogP contribution in [0.25, 0.3) is 0 Å². The molecule has 1 fully saturated rings. The molecule has 3 nitrogen and oxygen atoms in total. The quantitative estimate of drug-likeness (QED) is 0.751. The van der Waals surface area contributed by atoms with Crippen molar-refractivity contribution < 1.29 is 5.11 Å². The van der Waals surface area contributed by atoms with E-state index in [1.54, 1.807) is 11.3 Å². The highest BCUT2D eigenvalue weighted by Gasteiger charge is 2.25. The van der Waals surface area contributed by atoms with Crippen molar-refractivity contribution in [2.75, 3.05) is 6.54 Å². The summed E-state index contributed by atoms with van der Waals surface area (Å²) in [7, 11) is 0. The van der Waals surface area contributed by atoms with Gasteiger partial charge in [0.2, 0.25) is 0 Å². The fourth-order valence-corrected chi connectivity index (χ4v) is 2.34. The van der Waals surface area contributed by atoms with Gasteiger partial charge in [-0.1, -0.05) is 0 Å². The van der Waals surface area contributed by atoms with E-state index in [1.165, 1.54) is 0 Å². The molecule has 1 unspecified atom stereocenters.